The number of piperidine rings is 1. The van der Waals surface area contributed by atoms with E-state index < -0.39 is 0 Å². The molecular weight excluding hydrogens is 266 g/mol. The summed E-state index contributed by atoms with van der Waals surface area (Å²) in [5, 5.41) is 0. The van der Waals surface area contributed by atoms with Gasteiger partial charge in [-0.15, -0.1) is 12.4 Å². The lowest BCUT2D eigenvalue weighted by Crippen LogP contribution is -2.49. The van der Waals surface area contributed by atoms with Crippen LogP contribution in [0.5, 0.6) is 0 Å². The van der Waals surface area contributed by atoms with Crippen molar-refractivity contribution in [2.45, 2.75) is 31.8 Å². The summed E-state index contributed by atoms with van der Waals surface area (Å²) in [6.45, 7) is 1.36. The van der Waals surface area contributed by atoms with Crippen molar-refractivity contribution in [3.63, 3.8) is 0 Å². The van der Waals surface area contributed by atoms with Crippen molar-refractivity contribution in [3.05, 3.63) is 34.7 Å². The van der Waals surface area contributed by atoms with Gasteiger partial charge in [-0.2, -0.15) is 0 Å². The molecule has 106 valence electrons. The van der Waals surface area contributed by atoms with Crippen LogP contribution >= 0.6 is 12.4 Å². The number of carbonyl (C=O) groups excluding carboxylic acids is 1. The van der Waals surface area contributed by atoms with Gasteiger partial charge in [0.1, 0.15) is 6.54 Å². The number of aromatic nitrogens is 1. The molecule has 5 nitrogen and oxygen atoms in total. The van der Waals surface area contributed by atoms with Crippen LogP contribution in [0.15, 0.2) is 29.2 Å². The monoisotopic (exact) mass is 285 g/mol. The zero-order valence-corrected chi connectivity index (χ0v) is 11.6. The Bertz CT molecular complexity index is 475. The number of halogens is 1. The van der Waals surface area contributed by atoms with Gasteiger partial charge in [-0.25, -0.2) is 0 Å². The molecule has 0 radical (unpaired) electrons. The Morgan fingerprint density at radius 2 is 2.16 bits per heavy atom. The Labute approximate surface area is 118 Å². The molecule has 19 heavy (non-hydrogen) atoms. The topological polar surface area (TPSA) is 68.3 Å². The summed E-state index contributed by atoms with van der Waals surface area (Å²) >= 11 is 0. The van der Waals surface area contributed by atoms with E-state index in [1.54, 1.807) is 18.3 Å². The van der Waals surface area contributed by atoms with Crippen LogP contribution < -0.4 is 11.3 Å². The minimum absolute atomic E-state index is 0. The molecule has 1 saturated heterocycles. The average Bonchev–Trinajstić information content (AvgIpc) is 2.41. The van der Waals surface area contributed by atoms with Crippen LogP contribution in [-0.2, 0) is 11.3 Å². The predicted octanol–water partition coefficient (Wildman–Crippen LogP) is 0.610. The summed E-state index contributed by atoms with van der Waals surface area (Å²) in [5.41, 5.74) is 5.55. The van der Waals surface area contributed by atoms with Crippen LogP contribution in [0.4, 0.5) is 0 Å². The van der Waals surface area contributed by atoms with Crippen LogP contribution in [0.1, 0.15) is 19.3 Å². The Balaban J connectivity index is 0.00000180. The normalized spacial score (nSPS) is 18.8. The first kappa shape index (κ1) is 15.7. The molecule has 2 rings (SSSR count). The molecular formula is C13H20ClN3O2. The van der Waals surface area contributed by atoms with E-state index in [1.807, 2.05) is 4.90 Å². The van der Waals surface area contributed by atoms with Crippen molar-refractivity contribution in [1.82, 2.24) is 9.47 Å². The second-order valence-electron chi connectivity index (χ2n) is 4.64. The van der Waals surface area contributed by atoms with E-state index in [1.165, 1.54) is 10.6 Å². The highest BCUT2D eigenvalue weighted by molar-refractivity contribution is 5.85. The highest BCUT2D eigenvalue weighted by atomic mass is 35.5. The molecule has 0 bridgehead atoms. The second-order valence-corrected chi connectivity index (χ2v) is 4.64. The van der Waals surface area contributed by atoms with Crippen LogP contribution in [0.3, 0.4) is 0 Å². The van der Waals surface area contributed by atoms with E-state index >= 15 is 0 Å². The van der Waals surface area contributed by atoms with Gasteiger partial charge in [0.25, 0.3) is 5.56 Å². The Hall–Kier alpha value is -1.33. The minimum atomic E-state index is -0.146. The van der Waals surface area contributed by atoms with E-state index in [0.717, 1.165) is 25.8 Å². The molecule has 1 aliphatic rings. The van der Waals surface area contributed by atoms with Crippen LogP contribution in [-0.4, -0.2) is 34.5 Å². The standard InChI is InChI=1S/C13H19N3O2.ClH/c14-9-11-5-1-4-8-16(11)13(18)10-15-7-3-2-6-12(15)17;/h2-3,6-7,11H,1,4-5,8-10,14H2;1H. The van der Waals surface area contributed by atoms with E-state index in [9.17, 15) is 9.59 Å². The third-order valence-corrected chi connectivity index (χ3v) is 3.42. The quantitative estimate of drug-likeness (QED) is 0.885. The first-order valence-corrected chi connectivity index (χ1v) is 6.37. The number of nitrogens with two attached hydrogens (primary N) is 1. The number of hydrogen-bond donors (Lipinski definition) is 1. The fourth-order valence-electron chi connectivity index (χ4n) is 2.40. The molecule has 0 aromatic carbocycles. The first-order chi connectivity index (χ1) is 8.72. The summed E-state index contributed by atoms with van der Waals surface area (Å²) in [5.74, 6) is -0.0153. The highest BCUT2D eigenvalue weighted by Crippen LogP contribution is 2.16. The van der Waals surface area contributed by atoms with Gasteiger partial charge in [0.2, 0.25) is 5.91 Å². The van der Waals surface area contributed by atoms with E-state index in [2.05, 4.69) is 0 Å². The third kappa shape index (κ3) is 3.81. The Morgan fingerprint density at radius 1 is 1.37 bits per heavy atom. The summed E-state index contributed by atoms with van der Waals surface area (Å²) < 4.78 is 1.44. The molecule has 1 atom stereocenters. The SMILES string of the molecule is Cl.NCC1CCCCN1C(=O)Cn1ccccc1=O. The number of rotatable bonds is 3. The summed E-state index contributed by atoms with van der Waals surface area (Å²) in [6, 6.07) is 5.02. The summed E-state index contributed by atoms with van der Waals surface area (Å²) in [7, 11) is 0. The summed E-state index contributed by atoms with van der Waals surface area (Å²) in [4.78, 5) is 25.6. The van der Waals surface area contributed by atoms with Crippen LogP contribution in [0.2, 0.25) is 0 Å². The number of likely N-dealkylation sites (tertiary alicyclic amines) is 1. The molecule has 2 N–H and O–H groups in total. The lowest BCUT2D eigenvalue weighted by molar-refractivity contribution is -0.135. The largest absolute Gasteiger partial charge is 0.337 e. The fourth-order valence-corrected chi connectivity index (χ4v) is 2.40. The molecule has 1 aliphatic heterocycles. The smallest absolute Gasteiger partial charge is 0.250 e. The van der Waals surface area contributed by atoms with Gasteiger partial charge >= 0.3 is 0 Å². The molecule has 0 saturated carbocycles. The lowest BCUT2D eigenvalue weighted by Gasteiger charge is -2.35. The molecule has 1 aromatic heterocycles. The summed E-state index contributed by atoms with van der Waals surface area (Å²) in [6.07, 6.45) is 4.75. The maximum Gasteiger partial charge on any atom is 0.250 e. The molecule has 1 amide bonds. The zero-order chi connectivity index (χ0) is 13.0. The minimum Gasteiger partial charge on any atom is -0.337 e. The number of carbonyl (C=O) groups is 1. The molecule has 6 heteroatoms. The van der Waals surface area contributed by atoms with E-state index in [4.69, 9.17) is 5.73 Å². The van der Waals surface area contributed by atoms with Gasteiger partial charge in [-0.1, -0.05) is 6.07 Å². The molecule has 1 fully saturated rings. The van der Waals surface area contributed by atoms with Crippen molar-refractivity contribution in [2.24, 2.45) is 5.73 Å². The maximum atomic E-state index is 12.2. The van der Waals surface area contributed by atoms with Gasteiger partial charge < -0.3 is 15.2 Å². The van der Waals surface area contributed by atoms with Gasteiger partial charge in [0, 0.05) is 31.4 Å². The predicted molar refractivity (Wildman–Crippen MR) is 76.4 cm³/mol. The van der Waals surface area contributed by atoms with Crippen molar-refractivity contribution in [2.75, 3.05) is 13.1 Å². The molecule has 2 heterocycles. The van der Waals surface area contributed by atoms with Crippen molar-refractivity contribution in [3.8, 4) is 0 Å². The van der Waals surface area contributed by atoms with Gasteiger partial charge in [-0.05, 0) is 25.3 Å². The van der Waals surface area contributed by atoms with Gasteiger partial charge in [0.05, 0.1) is 0 Å². The Morgan fingerprint density at radius 3 is 2.84 bits per heavy atom. The van der Waals surface area contributed by atoms with Gasteiger partial charge in [0.15, 0.2) is 0 Å². The fraction of sp³-hybridized carbons (Fsp3) is 0.538. The highest BCUT2D eigenvalue weighted by Gasteiger charge is 2.25. The average molecular weight is 286 g/mol. The van der Waals surface area contributed by atoms with Crippen LogP contribution in [0.25, 0.3) is 0 Å². The van der Waals surface area contributed by atoms with Crippen molar-refractivity contribution < 1.29 is 4.79 Å². The number of hydrogen-bond acceptors (Lipinski definition) is 3. The van der Waals surface area contributed by atoms with E-state index in [-0.39, 0.29) is 36.5 Å². The Kier molecular flexibility index (Phi) is 6.05. The van der Waals surface area contributed by atoms with Crippen LogP contribution in [0, 0.1) is 0 Å². The van der Waals surface area contributed by atoms with Gasteiger partial charge in [-0.3, -0.25) is 9.59 Å². The number of pyridine rings is 1. The zero-order valence-electron chi connectivity index (χ0n) is 10.8. The number of amides is 1. The van der Waals surface area contributed by atoms with E-state index in [0.29, 0.717) is 6.54 Å². The third-order valence-electron chi connectivity index (χ3n) is 3.42. The molecule has 1 unspecified atom stereocenters. The van der Waals surface area contributed by atoms with Crippen molar-refractivity contribution in [1.29, 1.82) is 0 Å². The number of nitrogens with zero attached hydrogens (tertiary/aromatic N) is 2. The first-order valence-electron chi connectivity index (χ1n) is 6.37. The lowest BCUT2D eigenvalue weighted by atomic mass is 10.0. The molecule has 0 aliphatic carbocycles. The second kappa shape index (κ2) is 7.31. The van der Waals surface area contributed by atoms with Crippen molar-refractivity contribution >= 4 is 18.3 Å². The molecule has 0 spiro atoms. The molecule has 1 aromatic rings. The maximum absolute atomic E-state index is 12.2.